The SMILES string of the molecule is O=C(Cn1c(=O)c2c(ncn2Cc2ccccc2)n(Cc2ccccc2)c1=O)NC1=NCCS1. The van der Waals surface area contributed by atoms with E-state index in [1.807, 2.05) is 60.7 Å². The summed E-state index contributed by atoms with van der Waals surface area (Å²) in [6.07, 6.45) is 1.56. The van der Waals surface area contributed by atoms with Crippen molar-refractivity contribution >= 4 is 34.0 Å². The van der Waals surface area contributed by atoms with Gasteiger partial charge in [0.25, 0.3) is 5.56 Å². The summed E-state index contributed by atoms with van der Waals surface area (Å²) in [5, 5.41) is 3.20. The van der Waals surface area contributed by atoms with Crippen molar-refractivity contribution in [3.05, 3.63) is 99.0 Å². The second-order valence-corrected chi connectivity index (χ2v) is 8.94. The largest absolute Gasteiger partial charge is 0.333 e. The maximum atomic E-state index is 13.5. The number of amidine groups is 1. The van der Waals surface area contributed by atoms with Crippen LogP contribution < -0.4 is 16.6 Å². The van der Waals surface area contributed by atoms with Gasteiger partial charge in [-0.05, 0) is 11.1 Å². The Balaban J connectivity index is 1.60. The number of imidazole rings is 1. The van der Waals surface area contributed by atoms with Crippen molar-refractivity contribution in [2.24, 2.45) is 4.99 Å². The summed E-state index contributed by atoms with van der Waals surface area (Å²) in [6, 6.07) is 19.1. The Morgan fingerprint density at radius 2 is 1.62 bits per heavy atom. The summed E-state index contributed by atoms with van der Waals surface area (Å²) in [5.41, 5.74) is 1.32. The Bertz CT molecular complexity index is 1490. The Kier molecular flexibility index (Phi) is 6.13. The van der Waals surface area contributed by atoms with Gasteiger partial charge in [-0.1, -0.05) is 72.4 Å². The predicted octanol–water partition coefficient (Wildman–Crippen LogP) is 1.68. The quantitative estimate of drug-likeness (QED) is 0.458. The molecule has 1 amide bonds. The molecule has 0 saturated carbocycles. The van der Waals surface area contributed by atoms with Crippen LogP contribution in [0.15, 0.2) is 81.6 Å². The lowest BCUT2D eigenvalue weighted by atomic mass is 10.2. The number of fused-ring (bicyclic) bond motifs is 1. The van der Waals surface area contributed by atoms with E-state index in [1.54, 1.807) is 10.9 Å². The average molecular weight is 475 g/mol. The summed E-state index contributed by atoms with van der Waals surface area (Å²) in [6.45, 7) is 0.867. The number of nitrogens with one attached hydrogen (secondary N) is 1. The zero-order valence-electron chi connectivity index (χ0n) is 18.3. The number of hydrogen-bond donors (Lipinski definition) is 1. The first kappa shape index (κ1) is 21.9. The maximum absolute atomic E-state index is 13.5. The van der Waals surface area contributed by atoms with Gasteiger partial charge in [0.15, 0.2) is 16.3 Å². The van der Waals surface area contributed by atoms with E-state index in [1.165, 1.54) is 16.3 Å². The summed E-state index contributed by atoms with van der Waals surface area (Å²) < 4.78 is 4.14. The van der Waals surface area contributed by atoms with Crippen molar-refractivity contribution in [1.82, 2.24) is 24.0 Å². The summed E-state index contributed by atoms with van der Waals surface area (Å²) >= 11 is 1.44. The van der Waals surface area contributed by atoms with E-state index in [0.717, 1.165) is 21.4 Å². The first-order valence-corrected chi connectivity index (χ1v) is 11.8. The summed E-state index contributed by atoms with van der Waals surface area (Å²) in [7, 11) is 0. The monoisotopic (exact) mass is 474 g/mol. The number of thioether (sulfide) groups is 1. The highest BCUT2D eigenvalue weighted by molar-refractivity contribution is 8.14. The van der Waals surface area contributed by atoms with Crippen LogP contribution in [0.4, 0.5) is 0 Å². The van der Waals surface area contributed by atoms with Gasteiger partial charge in [0, 0.05) is 12.3 Å². The molecule has 0 saturated heterocycles. The molecule has 0 aliphatic carbocycles. The number of carbonyl (C=O) groups is 1. The van der Waals surface area contributed by atoms with Gasteiger partial charge < -0.3 is 9.88 Å². The molecule has 0 fully saturated rings. The Hall–Kier alpha value is -3.92. The van der Waals surface area contributed by atoms with Crippen LogP contribution in [0.5, 0.6) is 0 Å². The van der Waals surface area contributed by atoms with Crippen molar-refractivity contribution in [2.45, 2.75) is 19.6 Å². The third-order valence-electron chi connectivity index (χ3n) is 5.50. The number of carbonyl (C=O) groups excluding carboxylic acids is 1. The fourth-order valence-electron chi connectivity index (χ4n) is 3.90. The first-order chi connectivity index (χ1) is 16.6. The van der Waals surface area contributed by atoms with Crippen molar-refractivity contribution in [3.8, 4) is 0 Å². The minimum Gasteiger partial charge on any atom is -0.320 e. The number of aliphatic imine (C=N–C) groups is 1. The molecule has 1 aliphatic rings. The third kappa shape index (κ3) is 4.44. The van der Waals surface area contributed by atoms with Gasteiger partial charge in [0.2, 0.25) is 5.91 Å². The molecule has 2 aromatic heterocycles. The van der Waals surface area contributed by atoms with E-state index in [9.17, 15) is 14.4 Å². The molecule has 1 N–H and O–H groups in total. The lowest BCUT2D eigenvalue weighted by molar-refractivity contribution is -0.120. The Morgan fingerprint density at radius 3 is 2.26 bits per heavy atom. The smallest absolute Gasteiger partial charge is 0.320 e. The first-order valence-electron chi connectivity index (χ1n) is 10.8. The maximum Gasteiger partial charge on any atom is 0.333 e. The summed E-state index contributed by atoms with van der Waals surface area (Å²) in [4.78, 5) is 48.2. The molecule has 1 aliphatic heterocycles. The molecule has 0 unspecified atom stereocenters. The lowest BCUT2D eigenvalue weighted by Gasteiger charge is -2.13. The van der Waals surface area contributed by atoms with Crippen LogP contribution in [0.1, 0.15) is 11.1 Å². The minimum absolute atomic E-state index is 0.225. The van der Waals surface area contributed by atoms with Crippen LogP contribution in [0.3, 0.4) is 0 Å². The van der Waals surface area contributed by atoms with Gasteiger partial charge in [-0.15, -0.1) is 0 Å². The van der Waals surface area contributed by atoms with Crippen LogP contribution in [0, 0.1) is 0 Å². The van der Waals surface area contributed by atoms with Gasteiger partial charge in [-0.25, -0.2) is 14.3 Å². The van der Waals surface area contributed by atoms with Crippen LogP contribution in [-0.4, -0.2) is 42.1 Å². The molecule has 34 heavy (non-hydrogen) atoms. The van der Waals surface area contributed by atoms with E-state index < -0.39 is 23.7 Å². The third-order valence-corrected chi connectivity index (χ3v) is 6.39. The second kappa shape index (κ2) is 9.52. The highest BCUT2D eigenvalue weighted by Gasteiger charge is 2.21. The van der Waals surface area contributed by atoms with E-state index in [4.69, 9.17) is 0 Å². The zero-order chi connectivity index (χ0) is 23.5. The number of benzene rings is 2. The molecule has 172 valence electrons. The Morgan fingerprint density at radius 1 is 0.941 bits per heavy atom. The topological polar surface area (TPSA) is 103 Å². The van der Waals surface area contributed by atoms with Gasteiger partial charge in [0.05, 0.1) is 19.4 Å². The van der Waals surface area contributed by atoms with E-state index in [2.05, 4.69) is 15.3 Å². The standard InChI is InChI=1S/C24H22N6O3S/c31-19(27-23-25-11-12-34-23)15-30-22(32)20-21(26-16-28(20)13-17-7-3-1-4-8-17)29(24(30)33)14-18-9-5-2-6-10-18/h1-10,16H,11-15H2,(H,25,27,31). The van der Waals surface area contributed by atoms with Crippen molar-refractivity contribution in [1.29, 1.82) is 0 Å². The molecule has 3 heterocycles. The molecule has 0 atom stereocenters. The highest BCUT2D eigenvalue weighted by Crippen LogP contribution is 2.13. The zero-order valence-corrected chi connectivity index (χ0v) is 19.1. The number of rotatable bonds is 6. The predicted molar refractivity (Wildman–Crippen MR) is 132 cm³/mol. The van der Waals surface area contributed by atoms with Gasteiger partial charge >= 0.3 is 5.69 Å². The molecule has 5 rings (SSSR count). The number of amides is 1. The fraction of sp³-hybridized carbons (Fsp3) is 0.208. The van der Waals surface area contributed by atoms with Crippen molar-refractivity contribution in [2.75, 3.05) is 12.3 Å². The van der Waals surface area contributed by atoms with E-state index in [-0.39, 0.29) is 12.1 Å². The van der Waals surface area contributed by atoms with Crippen molar-refractivity contribution in [3.63, 3.8) is 0 Å². The van der Waals surface area contributed by atoms with E-state index >= 15 is 0 Å². The van der Waals surface area contributed by atoms with Crippen LogP contribution in [-0.2, 0) is 24.4 Å². The lowest BCUT2D eigenvalue weighted by Crippen LogP contribution is -2.45. The molecule has 10 heteroatoms. The van der Waals surface area contributed by atoms with Gasteiger partial charge in [-0.2, -0.15) is 0 Å². The second-order valence-electron chi connectivity index (χ2n) is 7.86. The molecule has 0 radical (unpaired) electrons. The van der Waals surface area contributed by atoms with Crippen LogP contribution in [0.2, 0.25) is 0 Å². The molecular weight excluding hydrogens is 452 g/mol. The normalized spacial score (nSPS) is 13.2. The fourth-order valence-corrected chi connectivity index (χ4v) is 4.64. The molecule has 0 bridgehead atoms. The number of aromatic nitrogens is 4. The van der Waals surface area contributed by atoms with Crippen LogP contribution >= 0.6 is 11.8 Å². The molecule has 4 aromatic rings. The molecular formula is C24H22N6O3S. The molecule has 0 spiro atoms. The van der Waals surface area contributed by atoms with E-state index in [0.29, 0.717) is 23.9 Å². The van der Waals surface area contributed by atoms with Gasteiger partial charge in [-0.3, -0.25) is 19.1 Å². The number of hydrogen-bond acceptors (Lipinski definition) is 6. The molecule has 2 aromatic carbocycles. The Labute approximate surface area is 198 Å². The van der Waals surface area contributed by atoms with Crippen LogP contribution in [0.25, 0.3) is 11.2 Å². The van der Waals surface area contributed by atoms with Gasteiger partial charge in [0.1, 0.15) is 6.54 Å². The molecule has 9 nitrogen and oxygen atoms in total. The highest BCUT2D eigenvalue weighted by atomic mass is 32.2. The number of nitrogens with zero attached hydrogens (tertiary/aromatic N) is 5. The summed E-state index contributed by atoms with van der Waals surface area (Å²) in [5.74, 6) is 0.330. The van der Waals surface area contributed by atoms with Crippen molar-refractivity contribution < 1.29 is 4.79 Å². The minimum atomic E-state index is -0.581. The average Bonchev–Trinajstić information content (AvgIpc) is 3.51.